The number of halogens is 1. The Morgan fingerprint density at radius 3 is 2.72 bits per heavy atom. The Morgan fingerprint density at radius 1 is 1.32 bits per heavy atom. The number of nitrogens with zero attached hydrogens (tertiary/aromatic N) is 3. The van der Waals surface area contributed by atoms with Crippen LogP contribution in [0.4, 0.5) is 15.9 Å². The second-order valence-corrected chi connectivity index (χ2v) is 5.73. The van der Waals surface area contributed by atoms with Gasteiger partial charge in [-0.15, -0.1) is 0 Å². The molecule has 0 aliphatic carbocycles. The van der Waals surface area contributed by atoms with Crippen molar-refractivity contribution < 1.29 is 19.0 Å². The molecule has 1 aliphatic heterocycles. The minimum Gasteiger partial charge on any atom is -0.492 e. The van der Waals surface area contributed by atoms with Crippen molar-refractivity contribution in [2.24, 2.45) is 0 Å². The lowest BCUT2D eigenvalue weighted by molar-refractivity contribution is 0.0691. The van der Waals surface area contributed by atoms with Crippen LogP contribution in [0.3, 0.4) is 0 Å². The van der Waals surface area contributed by atoms with Gasteiger partial charge in [0.05, 0.1) is 6.57 Å². The number of pyridine rings is 1. The predicted octanol–water partition coefficient (Wildman–Crippen LogP) is 3.52. The Labute approximate surface area is 144 Å². The van der Waals surface area contributed by atoms with Crippen molar-refractivity contribution >= 4 is 17.5 Å². The molecule has 6 nitrogen and oxygen atoms in total. The first-order valence-electron chi connectivity index (χ1n) is 7.86. The highest BCUT2D eigenvalue weighted by Crippen LogP contribution is 2.25. The monoisotopic (exact) mass is 341 g/mol. The Hall–Kier alpha value is -3.14. The fourth-order valence-corrected chi connectivity index (χ4v) is 2.78. The molecule has 0 amide bonds. The highest BCUT2D eigenvalue weighted by atomic mass is 19.1. The molecular weight excluding hydrogens is 325 g/mol. The maximum atomic E-state index is 13.7. The second kappa shape index (κ2) is 7.18. The number of carbonyl (C=O) groups is 1. The first kappa shape index (κ1) is 16.7. The molecule has 2 aromatic rings. The number of anilines is 1. The van der Waals surface area contributed by atoms with Gasteiger partial charge in [-0.1, -0.05) is 12.1 Å². The van der Waals surface area contributed by atoms with Crippen LogP contribution >= 0.6 is 0 Å². The minimum absolute atomic E-state index is 0.0142. The molecule has 7 heteroatoms. The van der Waals surface area contributed by atoms with Crippen LogP contribution in [0.1, 0.15) is 23.2 Å². The third kappa shape index (κ3) is 3.86. The molecule has 25 heavy (non-hydrogen) atoms. The third-order valence-corrected chi connectivity index (χ3v) is 4.08. The van der Waals surface area contributed by atoms with Gasteiger partial charge in [-0.2, -0.15) is 4.39 Å². The molecule has 1 fully saturated rings. The maximum absolute atomic E-state index is 13.7. The van der Waals surface area contributed by atoms with Crippen molar-refractivity contribution in [3.8, 4) is 5.75 Å². The molecule has 0 unspecified atom stereocenters. The number of piperidine rings is 1. The van der Waals surface area contributed by atoms with Gasteiger partial charge in [-0.05, 0) is 24.3 Å². The van der Waals surface area contributed by atoms with Gasteiger partial charge < -0.3 is 14.7 Å². The van der Waals surface area contributed by atoms with Crippen LogP contribution in [0, 0.1) is 12.5 Å². The summed E-state index contributed by atoms with van der Waals surface area (Å²) in [4.78, 5) is 19.9. The van der Waals surface area contributed by atoms with E-state index in [9.17, 15) is 9.18 Å². The maximum Gasteiger partial charge on any atom is 0.340 e. The molecule has 0 saturated carbocycles. The molecular formula is C18H16FN3O3. The van der Waals surface area contributed by atoms with Gasteiger partial charge in [0.2, 0.25) is 5.95 Å². The van der Waals surface area contributed by atoms with Crippen molar-refractivity contribution in [2.75, 3.05) is 18.0 Å². The van der Waals surface area contributed by atoms with E-state index in [0.717, 1.165) is 12.8 Å². The fraction of sp³-hybridized carbons (Fsp3) is 0.278. The number of rotatable bonds is 4. The number of aromatic nitrogens is 1. The van der Waals surface area contributed by atoms with Gasteiger partial charge in [0.1, 0.15) is 23.2 Å². The van der Waals surface area contributed by atoms with E-state index in [-0.39, 0.29) is 6.10 Å². The van der Waals surface area contributed by atoms with Crippen LogP contribution in [0.2, 0.25) is 0 Å². The van der Waals surface area contributed by atoms with Crippen LogP contribution in [0.5, 0.6) is 5.75 Å². The van der Waals surface area contributed by atoms with Crippen molar-refractivity contribution in [1.29, 1.82) is 0 Å². The number of benzene rings is 1. The average Bonchev–Trinajstić information content (AvgIpc) is 2.62. The quantitative estimate of drug-likeness (QED) is 0.681. The Kier molecular flexibility index (Phi) is 4.80. The molecule has 3 rings (SSSR count). The smallest absolute Gasteiger partial charge is 0.340 e. The second-order valence-electron chi connectivity index (χ2n) is 5.73. The summed E-state index contributed by atoms with van der Waals surface area (Å²) in [6.45, 7) is 8.29. The van der Waals surface area contributed by atoms with Crippen molar-refractivity contribution in [3.05, 3.63) is 59.3 Å². The van der Waals surface area contributed by atoms with Gasteiger partial charge in [0.25, 0.3) is 0 Å². The molecule has 1 aliphatic rings. The highest BCUT2D eigenvalue weighted by Gasteiger charge is 2.23. The molecule has 0 bridgehead atoms. The molecule has 2 heterocycles. The van der Waals surface area contributed by atoms with Crippen LogP contribution in [0.15, 0.2) is 36.4 Å². The molecule has 1 saturated heterocycles. The SMILES string of the molecule is [C-]#[N+]c1cccc(OC2CCN(c3ccc(C(=O)O)c(F)n3)CC2)c1. The van der Waals surface area contributed by atoms with Crippen molar-refractivity contribution in [3.63, 3.8) is 0 Å². The number of ether oxygens (including phenoxy) is 1. The third-order valence-electron chi connectivity index (χ3n) is 4.08. The fourth-order valence-electron chi connectivity index (χ4n) is 2.78. The summed E-state index contributed by atoms with van der Waals surface area (Å²) in [5.74, 6) is -1.21. The number of hydrogen-bond acceptors (Lipinski definition) is 4. The first-order chi connectivity index (χ1) is 12.1. The Bertz CT molecular complexity index is 827. The van der Waals surface area contributed by atoms with Gasteiger partial charge in [0.15, 0.2) is 5.69 Å². The van der Waals surface area contributed by atoms with E-state index >= 15 is 0 Å². The van der Waals surface area contributed by atoms with E-state index in [1.54, 1.807) is 18.2 Å². The number of aromatic carboxylic acids is 1. The molecule has 1 N–H and O–H groups in total. The summed E-state index contributed by atoms with van der Waals surface area (Å²) in [5.41, 5.74) is 0.106. The van der Waals surface area contributed by atoms with Gasteiger partial charge >= 0.3 is 5.97 Å². The number of hydrogen-bond donors (Lipinski definition) is 1. The van der Waals surface area contributed by atoms with Crippen molar-refractivity contribution in [1.82, 2.24) is 4.98 Å². The van der Waals surface area contributed by atoms with Crippen LogP contribution in [-0.4, -0.2) is 35.3 Å². The van der Waals surface area contributed by atoms with E-state index in [1.807, 2.05) is 11.0 Å². The van der Waals surface area contributed by atoms with Crippen LogP contribution < -0.4 is 9.64 Å². The van der Waals surface area contributed by atoms with Crippen LogP contribution in [-0.2, 0) is 0 Å². The molecule has 0 atom stereocenters. The molecule has 1 aromatic carbocycles. The normalized spacial score (nSPS) is 14.8. The standard InChI is InChI=1S/C18H16FN3O3/c1-20-12-3-2-4-14(11-12)25-13-7-9-22(10-8-13)16-6-5-15(18(23)24)17(19)21-16/h2-6,11,13H,7-10H2,(H,23,24). The molecule has 1 aromatic heterocycles. The Morgan fingerprint density at radius 2 is 2.08 bits per heavy atom. The summed E-state index contributed by atoms with van der Waals surface area (Å²) in [7, 11) is 0. The van der Waals surface area contributed by atoms with Crippen molar-refractivity contribution in [2.45, 2.75) is 18.9 Å². The lowest BCUT2D eigenvalue weighted by Crippen LogP contribution is -2.38. The zero-order chi connectivity index (χ0) is 17.8. The lowest BCUT2D eigenvalue weighted by atomic mass is 10.1. The molecule has 0 spiro atoms. The van der Waals surface area contributed by atoms with E-state index in [0.29, 0.717) is 30.3 Å². The van der Waals surface area contributed by atoms with Gasteiger partial charge in [0, 0.05) is 25.9 Å². The lowest BCUT2D eigenvalue weighted by Gasteiger charge is -2.33. The van der Waals surface area contributed by atoms with Gasteiger partial charge in [-0.3, -0.25) is 0 Å². The Balaban J connectivity index is 1.61. The summed E-state index contributed by atoms with van der Waals surface area (Å²) in [6, 6.07) is 9.80. The molecule has 128 valence electrons. The van der Waals surface area contributed by atoms with E-state index in [2.05, 4.69) is 9.83 Å². The summed E-state index contributed by atoms with van der Waals surface area (Å²) < 4.78 is 19.6. The highest BCUT2D eigenvalue weighted by molar-refractivity contribution is 5.87. The first-order valence-corrected chi connectivity index (χ1v) is 7.86. The topological polar surface area (TPSA) is 67.0 Å². The summed E-state index contributed by atoms with van der Waals surface area (Å²) >= 11 is 0. The number of carboxylic acids is 1. The summed E-state index contributed by atoms with van der Waals surface area (Å²) in [5, 5.41) is 8.85. The largest absolute Gasteiger partial charge is 0.492 e. The summed E-state index contributed by atoms with van der Waals surface area (Å²) in [6.07, 6.45) is 1.47. The minimum atomic E-state index is -1.33. The van der Waals surface area contributed by atoms with E-state index in [4.69, 9.17) is 16.4 Å². The number of carboxylic acid groups (broad SMARTS) is 1. The zero-order valence-electron chi connectivity index (χ0n) is 13.4. The van der Waals surface area contributed by atoms with E-state index in [1.165, 1.54) is 12.1 Å². The predicted molar refractivity (Wildman–Crippen MR) is 89.7 cm³/mol. The van der Waals surface area contributed by atoms with Gasteiger partial charge in [-0.25, -0.2) is 14.6 Å². The average molecular weight is 341 g/mol. The van der Waals surface area contributed by atoms with Crippen LogP contribution in [0.25, 0.3) is 4.85 Å². The van der Waals surface area contributed by atoms with E-state index < -0.39 is 17.5 Å². The zero-order valence-corrected chi connectivity index (χ0v) is 13.4. The molecule has 0 radical (unpaired) electrons.